The molecule has 1 rings (SSSR count). The van der Waals surface area contributed by atoms with Crippen molar-refractivity contribution in [3.05, 3.63) is 0 Å². The predicted octanol–water partition coefficient (Wildman–Crippen LogP) is 5.42. The molecule has 15 heavy (non-hydrogen) atoms. The molecule has 0 bridgehead atoms. The molecule has 0 aromatic rings. The van der Waals surface area contributed by atoms with Gasteiger partial charge in [-0.05, 0) is 36.5 Å². The Morgan fingerprint density at radius 2 is 1.60 bits per heavy atom. The van der Waals surface area contributed by atoms with E-state index < -0.39 is 0 Å². The molecule has 0 heteroatoms. The second kappa shape index (κ2) is 5.92. The van der Waals surface area contributed by atoms with Crippen LogP contribution in [0.3, 0.4) is 0 Å². The molecule has 2 unspecified atom stereocenters. The molecule has 1 aliphatic rings. The highest BCUT2D eigenvalue weighted by molar-refractivity contribution is 4.83. The average Bonchev–Trinajstić information content (AvgIpc) is 2.26. The van der Waals surface area contributed by atoms with Crippen molar-refractivity contribution in [3.8, 4) is 0 Å². The van der Waals surface area contributed by atoms with Gasteiger partial charge >= 0.3 is 0 Å². The van der Waals surface area contributed by atoms with Crippen LogP contribution in [-0.2, 0) is 0 Å². The van der Waals surface area contributed by atoms with Gasteiger partial charge in [0.2, 0.25) is 0 Å². The summed E-state index contributed by atoms with van der Waals surface area (Å²) in [7, 11) is 0. The highest BCUT2D eigenvalue weighted by atomic mass is 14.4. The number of hydrogen-bond acceptors (Lipinski definition) is 0. The lowest BCUT2D eigenvalue weighted by Crippen LogP contribution is -2.28. The van der Waals surface area contributed by atoms with Crippen LogP contribution in [0.4, 0.5) is 0 Å². The van der Waals surface area contributed by atoms with Crippen molar-refractivity contribution in [3.63, 3.8) is 0 Å². The van der Waals surface area contributed by atoms with Gasteiger partial charge in [0, 0.05) is 0 Å². The van der Waals surface area contributed by atoms with E-state index in [0.29, 0.717) is 5.41 Å². The third-order valence-electron chi connectivity index (χ3n) is 4.97. The summed E-state index contributed by atoms with van der Waals surface area (Å²) >= 11 is 0. The summed E-state index contributed by atoms with van der Waals surface area (Å²) in [6.07, 6.45) is 11.6. The van der Waals surface area contributed by atoms with Gasteiger partial charge in [-0.2, -0.15) is 0 Å². The van der Waals surface area contributed by atoms with Crippen molar-refractivity contribution in [2.24, 2.45) is 17.3 Å². The quantitative estimate of drug-likeness (QED) is 0.568. The Kier molecular flexibility index (Phi) is 5.15. The molecule has 0 aromatic heterocycles. The molecule has 2 atom stereocenters. The van der Waals surface area contributed by atoms with Crippen LogP contribution in [0.1, 0.15) is 79.1 Å². The third kappa shape index (κ3) is 3.81. The van der Waals surface area contributed by atoms with Gasteiger partial charge < -0.3 is 0 Å². The molecule has 0 spiro atoms. The summed E-state index contributed by atoms with van der Waals surface area (Å²) < 4.78 is 0. The van der Waals surface area contributed by atoms with Gasteiger partial charge in [0.15, 0.2) is 0 Å². The van der Waals surface area contributed by atoms with Crippen LogP contribution in [0.15, 0.2) is 0 Å². The third-order valence-corrected chi connectivity index (χ3v) is 4.97. The van der Waals surface area contributed by atoms with Gasteiger partial charge in [0.05, 0.1) is 0 Å². The van der Waals surface area contributed by atoms with Crippen LogP contribution in [0.25, 0.3) is 0 Å². The Morgan fingerprint density at radius 3 is 2.13 bits per heavy atom. The lowest BCUT2D eigenvalue weighted by molar-refractivity contribution is 0.118. The van der Waals surface area contributed by atoms with Crippen LogP contribution >= 0.6 is 0 Å². The first-order chi connectivity index (χ1) is 7.08. The summed E-state index contributed by atoms with van der Waals surface area (Å²) in [6.45, 7) is 9.74. The predicted molar refractivity (Wildman–Crippen MR) is 69.0 cm³/mol. The monoisotopic (exact) mass is 210 g/mol. The smallest absolute Gasteiger partial charge is 0.0300 e. The van der Waals surface area contributed by atoms with Gasteiger partial charge in [-0.15, -0.1) is 0 Å². The molecular formula is C15H30. The fourth-order valence-electron chi connectivity index (χ4n) is 2.94. The molecule has 1 fully saturated rings. The van der Waals surface area contributed by atoms with Crippen LogP contribution in [0.5, 0.6) is 0 Å². The molecule has 0 heterocycles. The standard InChI is InChI=1S/C15H30/c1-5-13(2)9-10-14(3)15(4)11-7-6-8-12-15/h13-14H,5-12H2,1-4H3. The minimum atomic E-state index is 0.672. The Labute approximate surface area is 96.8 Å². The maximum atomic E-state index is 2.54. The van der Waals surface area contributed by atoms with E-state index >= 15 is 0 Å². The van der Waals surface area contributed by atoms with E-state index in [1.54, 1.807) is 0 Å². The molecule has 0 nitrogen and oxygen atoms in total. The van der Waals surface area contributed by atoms with Gasteiger partial charge in [-0.3, -0.25) is 0 Å². The summed E-state index contributed by atoms with van der Waals surface area (Å²) in [5.41, 5.74) is 0.672. The Bertz CT molecular complexity index is 165. The molecule has 1 aliphatic carbocycles. The first kappa shape index (κ1) is 13.1. The lowest BCUT2D eigenvalue weighted by atomic mass is 9.66. The van der Waals surface area contributed by atoms with Gasteiger partial charge in [0.1, 0.15) is 0 Å². The SMILES string of the molecule is CCC(C)CCC(C)C1(C)CCCCC1. The first-order valence-electron chi connectivity index (χ1n) is 7.08. The fraction of sp³-hybridized carbons (Fsp3) is 1.00. The van der Waals surface area contributed by atoms with Crippen molar-refractivity contribution in [1.29, 1.82) is 0 Å². The second-order valence-electron chi connectivity index (χ2n) is 6.21. The highest BCUT2D eigenvalue weighted by Gasteiger charge is 2.32. The van der Waals surface area contributed by atoms with Gasteiger partial charge in [-0.1, -0.05) is 59.8 Å². The molecule has 0 aliphatic heterocycles. The van der Waals surface area contributed by atoms with E-state index in [0.717, 1.165) is 11.8 Å². The number of hydrogen-bond donors (Lipinski definition) is 0. The van der Waals surface area contributed by atoms with E-state index in [1.165, 1.54) is 51.4 Å². The second-order valence-corrected chi connectivity index (χ2v) is 6.21. The molecule has 0 aromatic carbocycles. The van der Waals surface area contributed by atoms with Crippen molar-refractivity contribution in [2.45, 2.75) is 79.1 Å². The maximum Gasteiger partial charge on any atom is -0.0300 e. The molecule has 0 saturated heterocycles. The van der Waals surface area contributed by atoms with E-state index in [9.17, 15) is 0 Å². The van der Waals surface area contributed by atoms with Gasteiger partial charge in [-0.25, -0.2) is 0 Å². The zero-order valence-electron chi connectivity index (χ0n) is 11.3. The van der Waals surface area contributed by atoms with Crippen LogP contribution in [0, 0.1) is 17.3 Å². The normalized spacial score (nSPS) is 24.8. The summed E-state index contributed by atoms with van der Waals surface area (Å²) in [4.78, 5) is 0. The molecular weight excluding hydrogens is 180 g/mol. The summed E-state index contributed by atoms with van der Waals surface area (Å²) in [5, 5.41) is 0. The zero-order valence-corrected chi connectivity index (χ0v) is 11.3. The van der Waals surface area contributed by atoms with E-state index in [4.69, 9.17) is 0 Å². The Hall–Kier alpha value is 0. The summed E-state index contributed by atoms with van der Waals surface area (Å²) in [5.74, 6) is 1.87. The largest absolute Gasteiger partial charge is 0.0651 e. The van der Waals surface area contributed by atoms with E-state index in [-0.39, 0.29) is 0 Å². The van der Waals surface area contributed by atoms with Crippen LogP contribution in [0.2, 0.25) is 0 Å². The highest BCUT2D eigenvalue weighted by Crippen LogP contribution is 2.44. The van der Waals surface area contributed by atoms with E-state index in [1.807, 2.05) is 0 Å². The Balaban J connectivity index is 2.34. The molecule has 1 saturated carbocycles. The van der Waals surface area contributed by atoms with Crippen molar-refractivity contribution in [2.75, 3.05) is 0 Å². The minimum absolute atomic E-state index is 0.672. The molecule has 90 valence electrons. The number of rotatable bonds is 5. The molecule has 0 N–H and O–H groups in total. The molecule has 0 amide bonds. The van der Waals surface area contributed by atoms with Crippen LogP contribution in [-0.4, -0.2) is 0 Å². The van der Waals surface area contributed by atoms with Crippen molar-refractivity contribution < 1.29 is 0 Å². The lowest BCUT2D eigenvalue weighted by Gasteiger charge is -2.39. The first-order valence-corrected chi connectivity index (χ1v) is 7.08. The maximum absolute atomic E-state index is 2.54. The molecule has 0 radical (unpaired) electrons. The minimum Gasteiger partial charge on any atom is -0.0651 e. The Morgan fingerprint density at radius 1 is 1.00 bits per heavy atom. The zero-order chi connectivity index (χ0) is 11.3. The average molecular weight is 210 g/mol. The van der Waals surface area contributed by atoms with E-state index in [2.05, 4.69) is 27.7 Å². The summed E-state index contributed by atoms with van der Waals surface area (Å²) in [6, 6.07) is 0. The van der Waals surface area contributed by atoms with Gasteiger partial charge in [0.25, 0.3) is 0 Å². The fourth-order valence-corrected chi connectivity index (χ4v) is 2.94. The van der Waals surface area contributed by atoms with Crippen LogP contribution < -0.4 is 0 Å². The topological polar surface area (TPSA) is 0 Å². The van der Waals surface area contributed by atoms with Crippen molar-refractivity contribution >= 4 is 0 Å². The van der Waals surface area contributed by atoms with Crippen molar-refractivity contribution in [1.82, 2.24) is 0 Å².